The first-order chi connectivity index (χ1) is 7.08. The topological polar surface area (TPSA) is 32.3 Å². The third kappa shape index (κ3) is 5.64. The van der Waals surface area contributed by atoms with E-state index < -0.39 is 10.8 Å². The van der Waals surface area contributed by atoms with E-state index in [1.165, 1.54) is 25.9 Å². The zero-order valence-electron chi connectivity index (χ0n) is 10.2. The van der Waals surface area contributed by atoms with Crippen LogP contribution in [0.3, 0.4) is 0 Å². The van der Waals surface area contributed by atoms with Gasteiger partial charge in [-0.15, -0.1) is 0 Å². The molecule has 0 radical (unpaired) electrons. The van der Waals surface area contributed by atoms with Gasteiger partial charge in [0.1, 0.15) is 0 Å². The lowest BCUT2D eigenvalue weighted by atomic mass is 10.0. The summed E-state index contributed by atoms with van der Waals surface area (Å²) in [6.07, 6.45) is 5.30. The van der Waals surface area contributed by atoms with Crippen molar-refractivity contribution in [3.8, 4) is 0 Å². The van der Waals surface area contributed by atoms with Gasteiger partial charge in [0.2, 0.25) is 0 Å². The van der Waals surface area contributed by atoms with E-state index >= 15 is 0 Å². The Balaban J connectivity index is 2.14. The van der Waals surface area contributed by atoms with Crippen LogP contribution >= 0.6 is 0 Å². The van der Waals surface area contributed by atoms with E-state index in [0.717, 1.165) is 12.2 Å². The Morgan fingerprint density at radius 2 is 2.07 bits per heavy atom. The Morgan fingerprint density at radius 1 is 1.47 bits per heavy atom. The molecular formula is C11H24N2OS. The van der Waals surface area contributed by atoms with Crippen LogP contribution in [0.2, 0.25) is 0 Å². The molecule has 1 aliphatic heterocycles. The molecule has 0 bridgehead atoms. The van der Waals surface area contributed by atoms with Gasteiger partial charge < -0.3 is 10.2 Å². The predicted octanol–water partition coefficient (Wildman–Crippen LogP) is 0.827. The van der Waals surface area contributed by atoms with Crippen molar-refractivity contribution in [3.05, 3.63) is 0 Å². The monoisotopic (exact) mass is 232 g/mol. The van der Waals surface area contributed by atoms with Crippen molar-refractivity contribution in [1.29, 1.82) is 0 Å². The van der Waals surface area contributed by atoms with E-state index in [0.29, 0.717) is 12.1 Å². The molecule has 1 N–H and O–H groups in total. The highest BCUT2D eigenvalue weighted by Crippen LogP contribution is 2.09. The summed E-state index contributed by atoms with van der Waals surface area (Å²) >= 11 is 0. The maximum Gasteiger partial charge on any atom is 0.0246 e. The summed E-state index contributed by atoms with van der Waals surface area (Å²) < 4.78 is 11.0. The lowest BCUT2D eigenvalue weighted by Gasteiger charge is -2.31. The standard InChI is InChI=1S/C11H24N2OS/c1-10(6-9-15(3)14)12-11-4-7-13(2)8-5-11/h10-12H,4-9H2,1-3H3. The molecule has 0 saturated carbocycles. The number of hydrogen-bond donors (Lipinski definition) is 1. The molecule has 1 aliphatic rings. The molecule has 1 heterocycles. The quantitative estimate of drug-likeness (QED) is 0.762. The Hall–Kier alpha value is 0.0700. The van der Waals surface area contributed by atoms with Crippen molar-refractivity contribution in [2.24, 2.45) is 0 Å². The summed E-state index contributed by atoms with van der Waals surface area (Å²) in [7, 11) is 1.53. The first-order valence-electron chi connectivity index (χ1n) is 5.82. The minimum atomic E-state index is -0.647. The number of nitrogens with zero attached hydrogens (tertiary/aromatic N) is 1. The van der Waals surface area contributed by atoms with Crippen molar-refractivity contribution in [2.45, 2.75) is 38.3 Å². The molecule has 0 spiro atoms. The molecule has 0 aromatic carbocycles. The molecule has 2 atom stereocenters. The fraction of sp³-hybridized carbons (Fsp3) is 1.00. The van der Waals surface area contributed by atoms with Gasteiger partial charge in [0.05, 0.1) is 0 Å². The van der Waals surface area contributed by atoms with E-state index in [1.807, 2.05) is 0 Å². The second kappa shape index (κ2) is 6.61. The zero-order chi connectivity index (χ0) is 11.3. The Bertz CT molecular complexity index is 203. The average Bonchev–Trinajstić information content (AvgIpc) is 2.19. The van der Waals surface area contributed by atoms with Gasteiger partial charge in [-0.25, -0.2) is 0 Å². The minimum Gasteiger partial charge on any atom is -0.311 e. The Kier molecular flexibility index (Phi) is 5.79. The first-order valence-corrected chi connectivity index (χ1v) is 7.55. The molecule has 0 amide bonds. The van der Waals surface area contributed by atoms with Crippen molar-refractivity contribution in [2.75, 3.05) is 32.1 Å². The van der Waals surface area contributed by atoms with Gasteiger partial charge in [0, 0.05) is 34.9 Å². The van der Waals surface area contributed by atoms with Crippen LogP contribution in [0.1, 0.15) is 26.2 Å². The van der Waals surface area contributed by atoms with Crippen LogP contribution in [0.25, 0.3) is 0 Å². The molecule has 15 heavy (non-hydrogen) atoms. The molecule has 0 aromatic heterocycles. The normalized spacial score (nSPS) is 23.9. The molecule has 2 unspecified atom stereocenters. The largest absolute Gasteiger partial charge is 0.311 e. The van der Waals surface area contributed by atoms with E-state index in [1.54, 1.807) is 6.26 Å². The summed E-state index contributed by atoms with van der Waals surface area (Å²) in [4.78, 5) is 2.38. The molecule has 0 aliphatic carbocycles. The number of likely N-dealkylation sites (tertiary alicyclic amines) is 1. The van der Waals surface area contributed by atoms with E-state index in [4.69, 9.17) is 0 Å². The van der Waals surface area contributed by atoms with Crippen molar-refractivity contribution < 1.29 is 4.21 Å². The lowest BCUT2D eigenvalue weighted by Crippen LogP contribution is -2.44. The zero-order valence-corrected chi connectivity index (χ0v) is 11.0. The van der Waals surface area contributed by atoms with Crippen LogP contribution in [0.5, 0.6) is 0 Å². The molecule has 1 saturated heterocycles. The van der Waals surface area contributed by atoms with E-state index in [2.05, 4.69) is 24.2 Å². The molecule has 0 aromatic rings. The third-order valence-electron chi connectivity index (χ3n) is 3.08. The van der Waals surface area contributed by atoms with Crippen LogP contribution in [0.4, 0.5) is 0 Å². The molecule has 1 fully saturated rings. The van der Waals surface area contributed by atoms with Crippen LogP contribution in [-0.2, 0) is 10.8 Å². The second-order valence-corrected chi connectivity index (χ2v) is 6.27. The maximum absolute atomic E-state index is 11.0. The van der Waals surface area contributed by atoms with Crippen molar-refractivity contribution in [1.82, 2.24) is 10.2 Å². The van der Waals surface area contributed by atoms with Crippen LogP contribution in [-0.4, -0.2) is 53.3 Å². The van der Waals surface area contributed by atoms with Gasteiger partial charge in [-0.05, 0) is 46.3 Å². The van der Waals surface area contributed by atoms with Gasteiger partial charge in [0.25, 0.3) is 0 Å². The van der Waals surface area contributed by atoms with E-state index in [-0.39, 0.29) is 0 Å². The summed E-state index contributed by atoms with van der Waals surface area (Å²) in [6.45, 7) is 4.60. The first kappa shape index (κ1) is 13.1. The number of rotatable bonds is 5. The number of piperidine rings is 1. The minimum absolute atomic E-state index is 0.502. The summed E-state index contributed by atoms with van der Waals surface area (Å²) in [6, 6.07) is 1.17. The predicted molar refractivity (Wildman–Crippen MR) is 66.7 cm³/mol. The summed E-state index contributed by atoms with van der Waals surface area (Å²) in [5, 5.41) is 3.63. The van der Waals surface area contributed by atoms with Gasteiger partial charge in [-0.2, -0.15) is 0 Å². The van der Waals surface area contributed by atoms with Gasteiger partial charge in [0.15, 0.2) is 0 Å². The fourth-order valence-corrected chi connectivity index (χ4v) is 2.69. The van der Waals surface area contributed by atoms with Crippen LogP contribution in [0, 0.1) is 0 Å². The molecule has 4 heteroatoms. The maximum atomic E-state index is 11.0. The third-order valence-corrected chi connectivity index (χ3v) is 3.89. The number of hydrogen-bond acceptors (Lipinski definition) is 3. The van der Waals surface area contributed by atoms with Crippen LogP contribution < -0.4 is 5.32 Å². The summed E-state index contributed by atoms with van der Waals surface area (Å²) in [5.74, 6) is 0.820. The van der Waals surface area contributed by atoms with Gasteiger partial charge >= 0.3 is 0 Å². The lowest BCUT2D eigenvalue weighted by molar-refractivity contribution is 0.225. The van der Waals surface area contributed by atoms with E-state index in [9.17, 15) is 4.21 Å². The highest BCUT2D eigenvalue weighted by Gasteiger charge is 2.17. The van der Waals surface area contributed by atoms with Gasteiger partial charge in [-0.1, -0.05) is 0 Å². The smallest absolute Gasteiger partial charge is 0.0246 e. The Labute approximate surface area is 96.1 Å². The fourth-order valence-electron chi connectivity index (χ4n) is 2.00. The average molecular weight is 232 g/mol. The molecule has 90 valence electrons. The van der Waals surface area contributed by atoms with Gasteiger partial charge in [-0.3, -0.25) is 4.21 Å². The molecule has 1 rings (SSSR count). The van der Waals surface area contributed by atoms with Crippen molar-refractivity contribution in [3.63, 3.8) is 0 Å². The van der Waals surface area contributed by atoms with Crippen LogP contribution in [0.15, 0.2) is 0 Å². The molecule has 3 nitrogen and oxygen atoms in total. The summed E-state index contributed by atoms with van der Waals surface area (Å²) in [5.41, 5.74) is 0. The second-order valence-electron chi connectivity index (χ2n) is 4.71. The highest BCUT2D eigenvalue weighted by atomic mass is 32.2. The highest BCUT2D eigenvalue weighted by molar-refractivity contribution is 7.84. The molecular weight excluding hydrogens is 208 g/mol. The number of nitrogens with one attached hydrogen (secondary N) is 1. The Morgan fingerprint density at radius 3 is 2.60 bits per heavy atom. The SMILES string of the molecule is CC(CCS(C)=O)NC1CCN(C)CC1. The van der Waals surface area contributed by atoms with Crippen molar-refractivity contribution >= 4 is 10.8 Å².